The number of nitrogens with zero attached hydrogens (tertiary/aromatic N) is 2. The molecule has 0 amide bonds. The Bertz CT molecular complexity index is 446. The summed E-state index contributed by atoms with van der Waals surface area (Å²) in [6.45, 7) is 1.37. The van der Waals surface area contributed by atoms with Gasteiger partial charge in [-0.3, -0.25) is 4.79 Å². The van der Waals surface area contributed by atoms with Gasteiger partial charge >= 0.3 is 5.97 Å². The number of aromatic nitrogens is 1. The third-order valence-corrected chi connectivity index (χ3v) is 4.56. The number of Topliss-reactive ketones (excluding diaryl/α,β-unsaturated/α-hetero) is 1. The average molecular weight is 268 g/mol. The van der Waals surface area contributed by atoms with Crippen LogP contribution in [0.2, 0.25) is 0 Å². The molecule has 0 aliphatic heterocycles. The Morgan fingerprint density at radius 2 is 2.00 bits per heavy atom. The summed E-state index contributed by atoms with van der Waals surface area (Å²) >= 11 is 1.18. The molecule has 98 valence electrons. The maximum atomic E-state index is 11.4. The van der Waals surface area contributed by atoms with Crippen LogP contribution >= 0.6 is 11.3 Å². The van der Waals surface area contributed by atoms with Gasteiger partial charge in [0, 0.05) is 20.0 Å². The number of carboxylic acid groups (broad SMARTS) is 1. The van der Waals surface area contributed by atoms with Gasteiger partial charge in [-0.15, -0.1) is 0 Å². The molecule has 0 aromatic carbocycles. The number of carbonyl (C=O) groups is 2. The fraction of sp³-hybridized carbons (Fsp3) is 0.583. The van der Waals surface area contributed by atoms with E-state index in [-0.39, 0.29) is 16.4 Å². The Hall–Kier alpha value is -1.43. The van der Waals surface area contributed by atoms with E-state index in [0.29, 0.717) is 11.2 Å². The van der Waals surface area contributed by atoms with Crippen LogP contribution in [-0.4, -0.2) is 34.9 Å². The number of hydrogen-bond donors (Lipinski definition) is 1. The van der Waals surface area contributed by atoms with Crippen molar-refractivity contribution in [2.45, 2.75) is 38.6 Å². The standard InChI is InChI=1S/C12H16N2O3S/c1-7(15)10-9(11(16)17)13-12(18-10)14(2)8-5-3-4-6-8/h8H,3-6H2,1-2H3,(H,16,17). The molecule has 18 heavy (non-hydrogen) atoms. The van der Waals surface area contributed by atoms with Crippen LogP contribution in [0.3, 0.4) is 0 Å². The molecule has 1 aromatic rings. The number of carbonyl (C=O) groups excluding carboxylic acids is 1. The Morgan fingerprint density at radius 1 is 1.39 bits per heavy atom. The lowest BCUT2D eigenvalue weighted by Crippen LogP contribution is -2.28. The van der Waals surface area contributed by atoms with E-state index in [0.717, 1.165) is 12.8 Å². The van der Waals surface area contributed by atoms with Gasteiger partial charge in [-0.25, -0.2) is 9.78 Å². The van der Waals surface area contributed by atoms with Gasteiger partial charge in [-0.1, -0.05) is 24.2 Å². The molecular weight excluding hydrogens is 252 g/mol. The van der Waals surface area contributed by atoms with Gasteiger partial charge < -0.3 is 10.0 Å². The monoisotopic (exact) mass is 268 g/mol. The molecule has 0 atom stereocenters. The fourth-order valence-electron chi connectivity index (χ4n) is 2.29. The quantitative estimate of drug-likeness (QED) is 0.849. The molecule has 5 nitrogen and oxygen atoms in total. The van der Waals surface area contributed by atoms with E-state index < -0.39 is 5.97 Å². The molecule has 0 radical (unpaired) electrons. The van der Waals surface area contributed by atoms with Crippen molar-refractivity contribution in [1.29, 1.82) is 0 Å². The average Bonchev–Trinajstić information content (AvgIpc) is 2.97. The molecule has 1 aromatic heterocycles. The summed E-state index contributed by atoms with van der Waals surface area (Å²) in [5.41, 5.74) is -0.118. The lowest BCUT2D eigenvalue weighted by molar-refractivity contribution is 0.0687. The van der Waals surface area contributed by atoms with Crippen molar-refractivity contribution in [3.05, 3.63) is 10.6 Å². The summed E-state index contributed by atoms with van der Waals surface area (Å²) in [4.78, 5) is 28.8. The van der Waals surface area contributed by atoms with Gasteiger partial charge in [0.25, 0.3) is 0 Å². The first-order chi connectivity index (χ1) is 8.50. The van der Waals surface area contributed by atoms with E-state index in [4.69, 9.17) is 5.11 Å². The summed E-state index contributed by atoms with van der Waals surface area (Å²) in [6.07, 6.45) is 4.61. The summed E-state index contributed by atoms with van der Waals surface area (Å²) in [5, 5.41) is 9.68. The molecule has 0 unspecified atom stereocenters. The topological polar surface area (TPSA) is 70.5 Å². The predicted molar refractivity (Wildman–Crippen MR) is 69.7 cm³/mol. The third-order valence-electron chi connectivity index (χ3n) is 3.31. The Labute approximate surface area is 109 Å². The minimum absolute atomic E-state index is 0.118. The van der Waals surface area contributed by atoms with Crippen LogP contribution in [-0.2, 0) is 0 Å². The zero-order valence-electron chi connectivity index (χ0n) is 10.5. The predicted octanol–water partition coefficient (Wildman–Crippen LogP) is 2.42. The lowest BCUT2D eigenvalue weighted by atomic mass is 10.2. The molecule has 1 fully saturated rings. The molecule has 0 spiro atoms. The van der Waals surface area contributed by atoms with Gasteiger partial charge in [0.15, 0.2) is 16.6 Å². The smallest absolute Gasteiger partial charge is 0.356 e. The molecule has 1 aliphatic rings. The lowest BCUT2D eigenvalue weighted by Gasteiger charge is -2.23. The SMILES string of the molecule is CC(=O)c1sc(N(C)C2CCCC2)nc1C(=O)O. The highest BCUT2D eigenvalue weighted by molar-refractivity contribution is 7.17. The fourth-order valence-corrected chi connectivity index (χ4v) is 3.28. The number of ketones is 1. The zero-order chi connectivity index (χ0) is 13.3. The number of rotatable bonds is 4. The summed E-state index contributed by atoms with van der Waals surface area (Å²) < 4.78 is 0. The van der Waals surface area contributed by atoms with Crippen LogP contribution < -0.4 is 4.90 Å². The maximum Gasteiger partial charge on any atom is 0.356 e. The van der Waals surface area contributed by atoms with E-state index in [2.05, 4.69) is 4.98 Å². The van der Waals surface area contributed by atoms with Gasteiger partial charge in [0.05, 0.1) is 0 Å². The first-order valence-corrected chi connectivity index (χ1v) is 6.80. The van der Waals surface area contributed by atoms with E-state index in [9.17, 15) is 9.59 Å². The van der Waals surface area contributed by atoms with E-state index >= 15 is 0 Å². The first-order valence-electron chi connectivity index (χ1n) is 5.98. The minimum Gasteiger partial charge on any atom is -0.476 e. The van der Waals surface area contributed by atoms with Gasteiger partial charge in [0.1, 0.15) is 4.88 Å². The van der Waals surface area contributed by atoms with Gasteiger partial charge in [-0.2, -0.15) is 0 Å². The zero-order valence-corrected chi connectivity index (χ0v) is 11.3. The Morgan fingerprint density at radius 3 is 2.44 bits per heavy atom. The highest BCUT2D eigenvalue weighted by Crippen LogP contribution is 2.31. The van der Waals surface area contributed by atoms with Crippen molar-refractivity contribution in [2.75, 3.05) is 11.9 Å². The summed E-state index contributed by atoms with van der Waals surface area (Å²) in [5.74, 6) is -1.38. The summed E-state index contributed by atoms with van der Waals surface area (Å²) in [6, 6.07) is 0.414. The van der Waals surface area contributed by atoms with Crippen LogP contribution in [0.1, 0.15) is 52.8 Å². The third kappa shape index (κ3) is 2.38. The number of aromatic carboxylic acids is 1. The van der Waals surface area contributed by atoms with Crippen molar-refractivity contribution < 1.29 is 14.7 Å². The molecule has 0 bridgehead atoms. The van der Waals surface area contributed by atoms with E-state index in [1.165, 1.54) is 31.1 Å². The van der Waals surface area contributed by atoms with Crippen LogP contribution in [0.4, 0.5) is 5.13 Å². The molecule has 0 saturated heterocycles. The molecule has 1 saturated carbocycles. The number of hydrogen-bond acceptors (Lipinski definition) is 5. The molecule has 1 aliphatic carbocycles. The van der Waals surface area contributed by atoms with Crippen molar-refractivity contribution >= 4 is 28.2 Å². The van der Waals surface area contributed by atoms with Gasteiger partial charge in [0.2, 0.25) is 0 Å². The highest BCUT2D eigenvalue weighted by Gasteiger charge is 2.26. The normalized spacial score (nSPS) is 15.9. The van der Waals surface area contributed by atoms with Crippen LogP contribution in [0.25, 0.3) is 0 Å². The van der Waals surface area contributed by atoms with Crippen molar-refractivity contribution in [3.63, 3.8) is 0 Å². The maximum absolute atomic E-state index is 11.4. The van der Waals surface area contributed by atoms with Crippen LogP contribution in [0.5, 0.6) is 0 Å². The Balaban J connectivity index is 2.31. The number of thiazole rings is 1. The molecule has 1 heterocycles. The molecular formula is C12H16N2O3S. The Kier molecular flexibility index (Phi) is 3.65. The highest BCUT2D eigenvalue weighted by atomic mass is 32.1. The van der Waals surface area contributed by atoms with Crippen molar-refractivity contribution in [1.82, 2.24) is 4.98 Å². The largest absolute Gasteiger partial charge is 0.476 e. The minimum atomic E-state index is -1.14. The van der Waals surface area contributed by atoms with Crippen molar-refractivity contribution in [2.24, 2.45) is 0 Å². The number of carboxylic acids is 1. The van der Waals surface area contributed by atoms with E-state index in [1.807, 2.05) is 11.9 Å². The van der Waals surface area contributed by atoms with Gasteiger partial charge in [-0.05, 0) is 12.8 Å². The summed E-state index contributed by atoms with van der Waals surface area (Å²) in [7, 11) is 1.92. The van der Waals surface area contributed by atoms with Crippen LogP contribution in [0, 0.1) is 0 Å². The second-order valence-corrected chi connectivity index (χ2v) is 5.56. The van der Waals surface area contributed by atoms with Crippen molar-refractivity contribution in [3.8, 4) is 0 Å². The molecule has 1 N–H and O–H groups in total. The molecule has 2 rings (SSSR count). The second kappa shape index (κ2) is 5.06. The first kappa shape index (κ1) is 13.0. The molecule has 6 heteroatoms. The van der Waals surface area contributed by atoms with Crippen LogP contribution in [0.15, 0.2) is 0 Å². The number of anilines is 1. The second-order valence-electron chi connectivity index (χ2n) is 4.58. The van der Waals surface area contributed by atoms with E-state index in [1.54, 1.807) is 0 Å².